The molecule has 0 atom stereocenters. The Hall–Kier alpha value is -2.27. The van der Waals surface area contributed by atoms with Crippen LogP contribution in [0, 0.1) is 13.8 Å². The van der Waals surface area contributed by atoms with Gasteiger partial charge in [0.05, 0.1) is 11.3 Å². The van der Waals surface area contributed by atoms with Gasteiger partial charge in [0.2, 0.25) is 5.91 Å². The first-order valence-electron chi connectivity index (χ1n) is 7.23. The summed E-state index contributed by atoms with van der Waals surface area (Å²) in [6.07, 6.45) is 0. The molecule has 2 N–H and O–H groups in total. The molecule has 0 fully saturated rings. The Labute approximate surface area is 139 Å². The van der Waals surface area contributed by atoms with Crippen molar-refractivity contribution in [1.82, 2.24) is 0 Å². The Morgan fingerprint density at radius 1 is 1.04 bits per heavy atom. The number of rotatable bonds is 6. The summed E-state index contributed by atoms with van der Waals surface area (Å²) in [5, 5.41) is 11.7. The third-order valence-corrected chi connectivity index (χ3v) is 4.50. The lowest BCUT2D eigenvalue weighted by atomic mass is 10.1. The Morgan fingerprint density at radius 3 is 2.35 bits per heavy atom. The van der Waals surface area contributed by atoms with Crippen molar-refractivity contribution in [2.24, 2.45) is 0 Å². The Kier molecular flexibility index (Phi) is 5.82. The summed E-state index contributed by atoms with van der Waals surface area (Å²) in [5.41, 5.74) is 4.42. The molecule has 4 nitrogen and oxygen atoms in total. The van der Waals surface area contributed by atoms with Crippen LogP contribution in [0.15, 0.2) is 42.5 Å². The van der Waals surface area contributed by atoms with Crippen LogP contribution in [-0.4, -0.2) is 22.7 Å². The molecule has 0 spiro atoms. The van der Waals surface area contributed by atoms with E-state index in [0.29, 0.717) is 11.5 Å². The smallest absolute Gasteiger partial charge is 0.335 e. The van der Waals surface area contributed by atoms with E-state index in [4.69, 9.17) is 5.11 Å². The molecule has 120 valence electrons. The summed E-state index contributed by atoms with van der Waals surface area (Å²) in [6.45, 7) is 4.05. The van der Waals surface area contributed by atoms with E-state index in [1.807, 2.05) is 32.0 Å². The number of thioether (sulfide) groups is 1. The molecule has 0 aliphatic rings. The predicted molar refractivity (Wildman–Crippen MR) is 94.1 cm³/mol. The van der Waals surface area contributed by atoms with Gasteiger partial charge < -0.3 is 10.4 Å². The number of carbonyl (C=O) groups excluding carboxylic acids is 1. The van der Waals surface area contributed by atoms with E-state index in [1.165, 1.54) is 17.3 Å². The molecule has 0 heterocycles. The molecule has 0 radical (unpaired) electrons. The maximum absolute atomic E-state index is 11.9. The molecule has 0 bridgehead atoms. The van der Waals surface area contributed by atoms with Crippen LogP contribution in [0.3, 0.4) is 0 Å². The fraction of sp³-hybridized carbons (Fsp3) is 0.222. The van der Waals surface area contributed by atoms with Gasteiger partial charge in [0, 0.05) is 11.4 Å². The highest BCUT2D eigenvalue weighted by atomic mass is 32.2. The molecule has 23 heavy (non-hydrogen) atoms. The van der Waals surface area contributed by atoms with Crippen LogP contribution in [0.5, 0.6) is 0 Å². The lowest BCUT2D eigenvalue weighted by Crippen LogP contribution is -2.14. The second-order valence-corrected chi connectivity index (χ2v) is 6.33. The average Bonchev–Trinajstić information content (AvgIpc) is 2.51. The van der Waals surface area contributed by atoms with Crippen LogP contribution in [-0.2, 0) is 10.5 Å². The summed E-state index contributed by atoms with van der Waals surface area (Å²) < 4.78 is 0. The van der Waals surface area contributed by atoms with Crippen molar-refractivity contribution in [3.63, 3.8) is 0 Å². The first-order valence-corrected chi connectivity index (χ1v) is 8.38. The Bertz CT molecular complexity index is 711. The van der Waals surface area contributed by atoms with E-state index in [9.17, 15) is 9.59 Å². The minimum absolute atomic E-state index is 0.0413. The second kappa shape index (κ2) is 7.83. The highest BCUT2D eigenvalue weighted by molar-refractivity contribution is 7.99. The molecule has 0 unspecified atom stereocenters. The molecular weight excluding hydrogens is 310 g/mol. The lowest BCUT2D eigenvalue weighted by Gasteiger charge is -2.08. The van der Waals surface area contributed by atoms with E-state index < -0.39 is 5.97 Å². The van der Waals surface area contributed by atoms with Crippen LogP contribution < -0.4 is 5.32 Å². The second-order valence-electron chi connectivity index (χ2n) is 5.34. The van der Waals surface area contributed by atoms with Crippen molar-refractivity contribution < 1.29 is 14.7 Å². The number of nitrogens with one attached hydrogen (secondary N) is 1. The number of benzene rings is 2. The Balaban J connectivity index is 1.80. The molecule has 0 aliphatic heterocycles. The van der Waals surface area contributed by atoms with Gasteiger partial charge in [0.15, 0.2) is 0 Å². The number of hydrogen-bond donors (Lipinski definition) is 2. The zero-order chi connectivity index (χ0) is 16.8. The highest BCUT2D eigenvalue weighted by Gasteiger charge is 2.05. The maximum atomic E-state index is 11.9. The number of hydrogen-bond acceptors (Lipinski definition) is 3. The monoisotopic (exact) mass is 329 g/mol. The van der Waals surface area contributed by atoms with Crippen molar-refractivity contribution in [3.8, 4) is 0 Å². The van der Waals surface area contributed by atoms with E-state index in [-0.39, 0.29) is 11.5 Å². The number of anilines is 1. The van der Waals surface area contributed by atoms with Gasteiger partial charge in [0.25, 0.3) is 0 Å². The summed E-state index contributed by atoms with van der Waals surface area (Å²) >= 11 is 1.50. The normalized spacial score (nSPS) is 10.3. The summed E-state index contributed by atoms with van der Waals surface area (Å²) in [7, 11) is 0. The number of amides is 1. The molecule has 1 amide bonds. The lowest BCUT2D eigenvalue weighted by molar-refractivity contribution is -0.113. The molecule has 5 heteroatoms. The van der Waals surface area contributed by atoms with Crippen molar-refractivity contribution in [2.45, 2.75) is 19.6 Å². The molecular formula is C18H19NO3S. The van der Waals surface area contributed by atoms with Crippen LogP contribution >= 0.6 is 11.8 Å². The number of aromatic carboxylic acids is 1. The quantitative estimate of drug-likeness (QED) is 0.844. The predicted octanol–water partition coefficient (Wildman–Crippen LogP) is 3.87. The fourth-order valence-corrected chi connectivity index (χ4v) is 2.81. The summed E-state index contributed by atoms with van der Waals surface area (Å²) in [6, 6.07) is 12.6. The van der Waals surface area contributed by atoms with Gasteiger partial charge in [-0.3, -0.25) is 4.79 Å². The first-order chi connectivity index (χ1) is 11.0. The minimum Gasteiger partial charge on any atom is -0.478 e. The molecule has 0 aromatic heterocycles. The molecule has 0 aliphatic carbocycles. The van der Waals surface area contributed by atoms with Crippen molar-refractivity contribution in [1.29, 1.82) is 0 Å². The summed E-state index contributed by atoms with van der Waals surface area (Å²) in [5.74, 6) is 0.0470. The maximum Gasteiger partial charge on any atom is 0.335 e. The first kappa shape index (κ1) is 17.1. The standard InChI is InChI=1S/C18H19NO3S/c1-12-3-8-16(9-13(12)2)19-17(20)11-23-10-14-4-6-15(7-5-14)18(21)22/h3-9H,10-11H2,1-2H3,(H,19,20)(H,21,22). The topological polar surface area (TPSA) is 66.4 Å². The van der Waals surface area contributed by atoms with Gasteiger partial charge in [-0.05, 0) is 54.8 Å². The third kappa shape index (κ3) is 5.14. The fourth-order valence-electron chi connectivity index (χ4n) is 2.02. The van der Waals surface area contributed by atoms with Crippen molar-refractivity contribution in [3.05, 3.63) is 64.7 Å². The van der Waals surface area contributed by atoms with E-state index in [0.717, 1.165) is 16.8 Å². The van der Waals surface area contributed by atoms with Gasteiger partial charge in [0.1, 0.15) is 0 Å². The third-order valence-electron chi connectivity index (χ3n) is 3.49. The highest BCUT2D eigenvalue weighted by Crippen LogP contribution is 2.16. The molecule has 2 rings (SSSR count). The average molecular weight is 329 g/mol. The summed E-state index contributed by atoms with van der Waals surface area (Å²) in [4.78, 5) is 22.7. The molecule has 0 saturated carbocycles. The van der Waals surface area contributed by atoms with Crippen LogP contribution in [0.1, 0.15) is 27.0 Å². The van der Waals surface area contributed by atoms with Crippen molar-refractivity contribution in [2.75, 3.05) is 11.1 Å². The van der Waals surface area contributed by atoms with Gasteiger partial charge in [-0.15, -0.1) is 11.8 Å². The van der Waals surface area contributed by atoms with Crippen molar-refractivity contribution >= 4 is 29.3 Å². The molecule has 2 aromatic carbocycles. The van der Waals surface area contributed by atoms with Gasteiger partial charge in [-0.25, -0.2) is 4.79 Å². The van der Waals surface area contributed by atoms with Crippen LogP contribution in [0.25, 0.3) is 0 Å². The number of carboxylic acids is 1. The van der Waals surface area contributed by atoms with Crippen LogP contribution in [0.4, 0.5) is 5.69 Å². The van der Waals surface area contributed by atoms with Gasteiger partial charge in [-0.1, -0.05) is 18.2 Å². The number of carboxylic acid groups (broad SMARTS) is 1. The van der Waals surface area contributed by atoms with E-state index in [1.54, 1.807) is 24.3 Å². The Morgan fingerprint density at radius 2 is 1.74 bits per heavy atom. The zero-order valence-corrected chi connectivity index (χ0v) is 13.9. The van der Waals surface area contributed by atoms with E-state index in [2.05, 4.69) is 5.32 Å². The molecule has 2 aromatic rings. The largest absolute Gasteiger partial charge is 0.478 e. The van der Waals surface area contributed by atoms with E-state index >= 15 is 0 Å². The molecule has 0 saturated heterocycles. The SMILES string of the molecule is Cc1ccc(NC(=O)CSCc2ccc(C(=O)O)cc2)cc1C. The number of carbonyl (C=O) groups is 2. The number of aryl methyl sites for hydroxylation is 2. The van der Waals surface area contributed by atoms with Crippen LogP contribution in [0.2, 0.25) is 0 Å². The van der Waals surface area contributed by atoms with Gasteiger partial charge in [-0.2, -0.15) is 0 Å². The minimum atomic E-state index is -0.933. The van der Waals surface area contributed by atoms with Gasteiger partial charge >= 0.3 is 5.97 Å². The zero-order valence-electron chi connectivity index (χ0n) is 13.1.